The molecule has 0 aliphatic carbocycles. The SMILES string of the molecule is CCOC(=O)c1c(N)nc(-c2cccc(C#N)c2)nc1OC(C)CNC(N)=O. The smallest absolute Gasteiger partial charge is 0.347 e. The standard InChI is InChI=1S/C18H20N6O4/c1-3-27-17(25)13-14(20)23-15(12-6-4-5-11(7-12)8-19)24-16(13)28-10(2)9-22-18(21)26/h4-7,10H,3,9H2,1-2H3,(H2,20,23,24)(H3,21,22,26). The highest BCUT2D eigenvalue weighted by atomic mass is 16.5. The summed E-state index contributed by atoms with van der Waals surface area (Å²) >= 11 is 0. The van der Waals surface area contributed by atoms with Crippen LogP contribution in [0.4, 0.5) is 10.6 Å². The summed E-state index contributed by atoms with van der Waals surface area (Å²) in [4.78, 5) is 31.6. The largest absolute Gasteiger partial charge is 0.472 e. The number of nitriles is 1. The Bertz CT molecular complexity index is 925. The number of carbonyl (C=O) groups excluding carboxylic acids is 2. The maximum absolute atomic E-state index is 12.3. The third kappa shape index (κ3) is 5.07. The van der Waals surface area contributed by atoms with Crippen molar-refractivity contribution < 1.29 is 19.1 Å². The number of nitrogens with zero attached hydrogens (tertiary/aromatic N) is 3. The minimum atomic E-state index is -0.734. The van der Waals surface area contributed by atoms with Crippen LogP contribution in [0, 0.1) is 11.3 Å². The first-order chi connectivity index (χ1) is 13.3. The number of anilines is 1. The Labute approximate surface area is 161 Å². The van der Waals surface area contributed by atoms with Gasteiger partial charge in [-0.1, -0.05) is 12.1 Å². The van der Waals surface area contributed by atoms with E-state index in [0.717, 1.165) is 0 Å². The molecule has 10 heteroatoms. The molecule has 146 valence electrons. The van der Waals surface area contributed by atoms with Gasteiger partial charge in [0.25, 0.3) is 0 Å². The van der Waals surface area contributed by atoms with Crippen molar-refractivity contribution in [2.45, 2.75) is 20.0 Å². The molecule has 10 nitrogen and oxygen atoms in total. The van der Waals surface area contributed by atoms with Crippen molar-refractivity contribution in [3.63, 3.8) is 0 Å². The van der Waals surface area contributed by atoms with E-state index in [2.05, 4.69) is 15.3 Å². The molecule has 0 fully saturated rings. The number of urea groups is 1. The number of primary amides is 1. The molecule has 0 saturated heterocycles. The fourth-order valence-electron chi connectivity index (χ4n) is 2.27. The molecule has 0 bridgehead atoms. The lowest BCUT2D eigenvalue weighted by molar-refractivity contribution is 0.0519. The molecule has 5 N–H and O–H groups in total. The molecule has 0 aliphatic heterocycles. The van der Waals surface area contributed by atoms with Gasteiger partial charge in [-0.25, -0.2) is 14.6 Å². The van der Waals surface area contributed by atoms with Crippen molar-refractivity contribution in [1.29, 1.82) is 5.26 Å². The van der Waals surface area contributed by atoms with Gasteiger partial charge in [0.15, 0.2) is 11.4 Å². The van der Waals surface area contributed by atoms with Crippen molar-refractivity contribution in [2.24, 2.45) is 5.73 Å². The maximum atomic E-state index is 12.3. The van der Waals surface area contributed by atoms with Crippen LogP contribution in [0.25, 0.3) is 11.4 Å². The van der Waals surface area contributed by atoms with Crippen LogP contribution >= 0.6 is 0 Å². The summed E-state index contributed by atoms with van der Waals surface area (Å²) in [5.74, 6) is -0.784. The Morgan fingerprint density at radius 1 is 1.36 bits per heavy atom. The number of benzene rings is 1. The third-order valence-electron chi connectivity index (χ3n) is 3.51. The first-order valence-corrected chi connectivity index (χ1v) is 8.40. The topological polar surface area (TPSA) is 166 Å². The van der Waals surface area contributed by atoms with Crippen molar-refractivity contribution >= 4 is 17.8 Å². The van der Waals surface area contributed by atoms with E-state index in [1.54, 1.807) is 38.1 Å². The molecular formula is C18H20N6O4. The van der Waals surface area contributed by atoms with Gasteiger partial charge in [0.1, 0.15) is 11.9 Å². The molecule has 0 saturated carbocycles. The average molecular weight is 384 g/mol. The number of esters is 1. The quantitative estimate of drug-likeness (QED) is 0.599. The summed E-state index contributed by atoms with van der Waals surface area (Å²) in [7, 11) is 0. The number of hydrogen-bond donors (Lipinski definition) is 3. The second kappa shape index (κ2) is 9.18. The number of amides is 2. The Morgan fingerprint density at radius 2 is 2.11 bits per heavy atom. The van der Waals surface area contributed by atoms with E-state index in [0.29, 0.717) is 11.1 Å². The van der Waals surface area contributed by atoms with Gasteiger partial charge in [-0.2, -0.15) is 10.2 Å². The highest BCUT2D eigenvalue weighted by Gasteiger charge is 2.24. The minimum Gasteiger partial charge on any atom is -0.472 e. The van der Waals surface area contributed by atoms with Crippen LogP contribution in [-0.2, 0) is 4.74 Å². The molecule has 0 spiro atoms. The summed E-state index contributed by atoms with van der Waals surface area (Å²) in [5.41, 5.74) is 11.8. The van der Waals surface area contributed by atoms with E-state index in [1.165, 1.54) is 0 Å². The van der Waals surface area contributed by atoms with Crippen LogP contribution < -0.4 is 21.5 Å². The van der Waals surface area contributed by atoms with Gasteiger partial charge in [0, 0.05) is 5.56 Å². The second-order valence-corrected chi connectivity index (χ2v) is 5.70. The van der Waals surface area contributed by atoms with Crippen LogP contribution in [0.5, 0.6) is 5.88 Å². The fraction of sp³-hybridized carbons (Fsp3) is 0.278. The van der Waals surface area contributed by atoms with E-state index in [-0.39, 0.29) is 36.2 Å². The third-order valence-corrected chi connectivity index (χ3v) is 3.51. The molecule has 1 aromatic carbocycles. The normalized spacial score (nSPS) is 11.2. The lowest BCUT2D eigenvalue weighted by atomic mass is 10.1. The molecule has 1 aromatic heterocycles. The van der Waals surface area contributed by atoms with Gasteiger partial charge in [-0.3, -0.25) is 0 Å². The molecule has 2 rings (SSSR count). The highest BCUT2D eigenvalue weighted by Crippen LogP contribution is 2.27. The number of nitrogens with two attached hydrogens (primary N) is 2. The van der Waals surface area contributed by atoms with Crippen molar-refractivity contribution in [3.8, 4) is 23.3 Å². The first-order valence-electron chi connectivity index (χ1n) is 8.40. The Kier molecular flexibility index (Phi) is 6.70. The molecule has 1 unspecified atom stereocenters. The first kappa shape index (κ1) is 20.4. The van der Waals surface area contributed by atoms with E-state index < -0.39 is 18.1 Å². The highest BCUT2D eigenvalue weighted by molar-refractivity contribution is 5.97. The number of nitrogen functional groups attached to an aromatic ring is 1. The molecule has 2 aromatic rings. The molecule has 0 radical (unpaired) electrons. The summed E-state index contributed by atoms with van der Waals surface area (Å²) < 4.78 is 10.7. The summed E-state index contributed by atoms with van der Waals surface area (Å²) in [6.07, 6.45) is -0.576. The van der Waals surface area contributed by atoms with Gasteiger partial charge in [-0.15, -0.1) is 0 Å². The lowest BCUT2D eigenvalue weighted by Gasteiger charge is -2.17. The summed E-state index contributed by atoms with van der Waals surface area (Å²) in [6, 6.07) is 7.90. The van der Waals surface area contributed by atoms with Crippen LogP contribution in [-0.4, -0.2) is 41.2 Å². The van der Waals surface area contributed by atoms with Gasteiger partial charge >= 0.3 is 12.0 Å². The van der Waals surface area contributed by atoms with E-state index in [4.69, 9.17) is 26.2 Å². The van der Waals surface area contributed by atoms with E-state index >= 15 is 0 Å². The molecular weight excluding hydrogens is 364 g/mol. The van der Waals surface area contributed by atoms with Gasteiger partial charge in [-0.05, 0) is 26.0 Å². The lowest BCUT2D eigenvalue weighted by Crippen LogP contribution is -2.37. The number of aromatic nitrogens is 2. The van der Waals surface area contributed by atoms with Crippen LogP contribution in [0.1, 0.15) is 29.8 Å². The summed E-state index contributed by atoms with van der Waals surface area (Å²) in [5, 5.41) is 11.5. The predicted molar refractivity (Wildman–Crippen MR) is 100 cm³/mol. The number of nitrogens with one attached hydrogen (secondary N) is 1. The van der Waals surface area contributed by atoms with Crippen molar-refractivity contribution in [1.82, 2.24) is 15.3 Å². The second-order valence-electron chi connectivity index (χ2n) is 5.70. The van der Waals surface area contributed by atoms with Gasteiger partial charge < -0.3 is 26.3 Å². The zero-order chi connectivity index (χ0) is 20.7. The van der Waals surface area contributed by atoms with Gasteiger partial charge in [0.05, 0.1) is 24.8 Å². The van der Waals surface area contributed by atoms with E-state index in [1.807, 2.05) is 6.07 Å². The van der Waals surface area contributed by atoms with Crippen LogP contribution in [0.3, 0.4) is 0 Å². The zero-order valence-corrected chi connectivity index (χ0v) is 15.4. The molecule has 1 atom stereocenters. The molecule has 2 amide bonds. The fourth-order valence-corrected chi connectivity index (χ4v) is 2.27. The maximum Gasteiger partial charge on any atom is 0.347 e. The van der Waals surface area contributed by atoms with Crippen LogP contribution in [0.15, 0.2) is 24.3 Å². The summed E-state index contributed by atoms with van der Waals surface area (Å²) in [6.45, 7) is 3.51. The predicted octanol–water partition coefficient (Wildman–Crippen LogP) is 1.21. The molecule has 28 heavy (non-hydrogen) atoms. The minimum absolute atomic E-state index is 0.0841. The number of carbonyl (C=O) groups is 2. The average Bonchev–Trinajstić information content (AvgIpc) is 2.66. The van der Waals surface area contributed by atoms with Crippen molar-refractivity contribution in [3.05, 3.63) is 35.4 Å². The number of ether oxygens (including phenoxy) is 2. The van der Waals surface area contributed by atoms with E-state index in [9.17, 15) is 9.59 Å². The zero-order valence-electron chi connectivity index (χ0n) is 15.4. The Balaban J connectivity index is 2.47. The number of rotatable bonds is 7. The number of hydrogen-bond acceptors (Lipinski definition) is 8. The Morgan fingerprint density at radius 3 is 2.75 bits per heavy atom. The Hall–Kier alpha value is -3.87. The monoisotopic (exact) mass is 384 g/mol. The van der Waals surface area contributed by atoms with Crippen LogP contribution in [0.2, 0.25) is 0 Å². The van der Waals surface area contributed by atoms with Crippen molar-refractivity contribution in [2.75, 3.05) is 18.9 Å². The molecule has 0 aliphatic rings. The van der Waals surface area contributed by atoms with Gasteiger partial charge in [0.2, 0.25) is 5.88 Å². The molecule has 1 heterocycles.